The molecule has 0 aliphatic heterocycles. The first-order valence-electron chi connectivity index (χ1n) is 12.0. The molecule has 186 valence electrons. The highest BCUT2D eigenvalue weighted by Crippen LogP contribution is 2.37. The van der Waals surface area contributed by atoms with Crippen LogP contribution in [-0.2, 0) is 17.6 Å². The van der Waals surface area contributed by atoms with Crippen molar-refractivity contribution in [3.63, 3.8) is 0 Å². The van der Waals surface area contributed by atoms with E-state index < -0.39 is 17.6 Å². The summed E-state index contributed by atoms with van der Waals surface area (Å²) < 4.78 is 41.9. The third-order valence-electron chi connectivity index (χ3n) is 6.64. The molecule has 1 atom stereocenters. The van der Waals surface area contributed by atoms with Gasteiger partial charge in [-0.1, -0.05) is 48.0 Å². The lowest BCUT2D eigenvalue weighted by atomic mass is 9.85. The molecule has 0 amide bonds. The van der Waals surface area contributed by atoms with E-state index in [1.54, 1.807) is 24.4 Å². The highest BCUT2D eigenvalue weighted by molar-refractivity contribution is 6.33. The molecule has 4 aromatic rings. The molecule has 1 aliphatic rings. The van der Waals surface area contributed by atoms with Gasteiger partial charge in [0.1, 0.15) is 23.2 Å². The van der Waals surface area contributed by atoms with Crippen molar-refractivity contribution < 1.29 is 18.0 Å². The molecule has 0 saturated heterocycles. The van der Waals surface area contributed by atoms with Crippen molar-refractivity contribution in [2.75, 3.05) is 0 Å². The summed E-state index contributed by atoms with van der Waals surface area (Å²) >= 11 is 6.48. The maximum absolute atomic E-state index is 14.0. The number of allylic oxidation sites excluding steroid dienone is 2. The van der Waals surface area contributed by atoms with E-state index in [0.29, 0.717) is 22.7 Å². The van der Waals surface area contributed by atoms with Gasteiger partial charge in [0.25, 0.3) is 0 Å². The molecule has 37 heavy (non-hydrogen) atoms. The van der Waals surface area contributed by atoms with Crippen molar-refractivity contribution in [1.82, 2.24) is 4.98 Å². The lowest BCUT2D eigenvalue weighted by Gasteiger charge is -2.20. The van der Waals surface area contributed by atoms with Crippen molar-refractivity contribution >= 4 is 23.0 Å². The Hall–Kier alpha value is -3.70. The van der Waals surface area contributed by atoms with Crippen LogP contribution in [0.4, 0.5) is 13.2 Å². The number of Topliss-reactive ketones (excluding diaryl/α,β-unsaturated/α-hetero) is 1. The Morgan fingerprint density at radius 2 is 1.62 bits per heavy atom. The van der Waals surface area contributed by atoms with Crippen LogP contribution in [0, 0.1) is 17.5 Å². The van der Waals surface area contributed by atoms with E-state index in [1.165, 1.54) is 24.3 Å². The number of rotatable bonds is 8. The summed E-state index contributed by atoms with van der Waals surface area (Å²) in [5.74, 6) is -2.23. The SMILES string of the molecule is O=C(CC1=CCc2ccc(F)cc21)C[C@@H](Cc1cc(F)cc(F)c1)c1ncccc1-c1ccccc1Cl. The molecule has 1 aromatic heterocycles. The van der Waals surface area contributed by atoms with Gasteiger partial charge in [-0.15, -0.1) is 0 Å². The Balaban J connectivity index is 1.48. The van der Waals surface area contributed by atoms with E-state index in [1.807, 2.05) is 30.3 Å². The fraction of sp³-hybridized carbons (Fsp3) is 0.161. The van der Waals surface area contributed by atoms with Gasteiger partial charge >= 0.3 is 0 Å². The zero-order valence-corrected chi connectivity index (χ0v) is 20.6. The van der Waals surface area contributed by atoms with Crippen LogP contribution in [0.2, 0.25) is 5.02 Å². The minimum absolute atomic E-state index is 0.0685. The fourth-order valence-corrected chi connectivity index (χ4v) is 5.26. The predicted molar refractivity (Wildman–Crippen MR) is 140 cm³/mol. The zero-order chi connectivity index (χ0) is 25.9. The van der Waals surface area contributed by atoms with Crippen LogP contribution in [0.3, 0.4) is 0 Å². The Kier molecular flexibility index (Phi) is 7.24. The van der Waals surface area contributed by atoms with E-state index in [0.717, 1.165) is 33.9 Å². The molecule has 0 unspecified atom stereocenters. The van der Waals surface area contributed by atoms with Crippen LogP contribution in [0.5, 0.6) is 0 Å². The third kappa shape index (κ3) is 5.67. The minimum atomic E-state index is -0.679. The molecular formula is C31H23ClF3NO. The number of halogens is 4. The number of aromatic nitrogens is 1. The van der Waals surface area contributed by atoms with Crippen LogP contribution < -0.4 is 0 Å². The standard InChI is InChI=1S/C31H23ClF3NO/c32-30-6-2-1-4-27(30)28-5-3-11-36-31(28)22(12-19-13-24(34)17-25(35)14-19)16-26(37)15-21-8-7-20-9-10-23(33)18-29(20)21/h1-6,8-11,13-14,17-18,22H,7,12,15-16H2/t22-/m1/s1. The molecule has 0 N–H and O–H groups in total. The number of carbonyl (C=O) groups excluding carboxylic acids is 1. The second-order valence-corrected chi connectivity index (χ2v) is 9.66. The van der Waals surface area contributed by atoms with Crippen LogP contribution in [0.15, 0.2) is 85.1 Å². The number of pyridine rings is 1. The first kappa shape index (κ1) is 25.0. The summed E-state index contributed by atoms with van der Waals surface area (Å²) in [6, 6.07) is 19.0. The topological polar surface area (TPSA) is 30.0 Å². The van der Waals surface area contributed by atoms with Gasteiger partial charge in [0.2, 0.25) is 0 Å². The largest absolute Gasteiger partial charge is 0.299 e. The summed E-state index contributed by atoms with van der Waals surface area (Å²) in [6.07, 6.45) is 4.68. The summed E-state index contributed by atoms with van der Waals surface area (Å²) in [7, 11) is 0. The number of hydrogen-bond donors (Lipinski definition) is 0. The number of fused-ring (bicyclic) bond motifs is 1. The molecule has 0 fully saturated rings. The van der Waals surface area contributed by atoms with E-state index in [4.69, 9.17) is 11.6 Å². The van der Waals surface area contributed by atoms with Crippen molar-refractivity contribution in [2.45, 2.75) is 31.6 Å². The van der Waals surface area contributed by atoms with Gasteiger partial charge in [-0.05, 0) is 71.5 Å². The normalized spacial score (nSPS) is 13.2. The van der Waals surface area contributed by atoms with Crippen LogP contribution in [0.1, 0.15) is 41.1 Å². The van der Waals surface area contributed by atoms with Crippen molar-refractivity contribution in [1.29, 1.82) is 0 Å². The van der Waals surface area contributed by atoms with Crippen LogP contribution >= 0.6 is 11.6 Å². The Morgan fingerprint density at radius 1 is 0.865 bits per heavy atom. The summed E-state index contributed by atoms with van der Waals surface area (Å²) in [6.45, 7) is 0. The second-order valence-electron chi connectivity index (χ2n) is 9.25. The molecule has 0 spiro atoms. The van der Waals surface area contributed by atoms with Gasteiger partial charge in [-0.25, -0.2) is 13.2 Å². The Labute approximate surface area is 218 Å². The average molecular weight is 518 g/mol. The smallest absolute Gasteiger partial charge is 0.137 e. The van der Waals surface area contributed by atoms with Gasteiger partial charge < -0.3 is 0 Å². The number of carbonyl (C=O) groups is 1. The Bertz CT molecular complexity index is 1490. The highest BCUT2D eigenvalue weighted by atomic mass is 35.5. The number of nitrogens with zero attached hydrogens (tertiary/aromatic N) is 1. The summed E-state index contributed by atoms with van der Waals surface area (Å²) in [4.78, 5) is 18.0. The highest BCUT2D eigenvalue weighted by Gasteiger charge is 2.25. The van der Waals surface area contributed by atoms with E-state index in [2.05, 4.69) is 4.98 Å². The quantitative estimate of drug-likeness (QED) is 0.236. The van der Waals surface area contributed by atoms with Gasteiger partial charge in [-0.2, -0.15) is 0 Å². The molecular weight excluding hydrogens is 495 g/mol. The molecule has 5 rings (SSSR count). The zero-order valence-electron chi connectivity index (χ0n) is 19.9. The van der Waals surface area contributed by atoms with Gasteiger partial charge in [0.05, 0.1) is 5.69 Å². The molecule has 0 radical (unpaired) electrons. The average Bonchev–Trinajstić information content (AvgIpc) is 3.25. The van der Waals surface area contributed by atoms with E-state index >= 15 is 0 Å². The lowest BCUT2D eigenvalue weighted by molar-refractivity contribution is -0.118. The number of hydrogen-bond acceptors (Lipinski definition) is 2. The molecule has 3 aromatic carbocycles. The molecule has 0 saturated carbocycles. The molecule has 1 heterocycles. The van der Waals surface area contributed by atoms with E-state index in [9.17, 15) is 18.0 Å². The van der Waals surface area contributed by atoms with Gasteiger partial charge in [0, 0.05) is 47.2 Å². The summed E-state index contributed by atoms with van der Waals surface area (Å²) in [5.41, 5.74) is 5.11. The van der Waals surface area contributed by atoms with Gasteiger partial charge in [0.15, 0.2) is 0 Å². The lowest BCUT2D eigenvalue weighted by Crippen LogP contribution is -2.13. The van der Waals surface area contributed by atoms with Crippen molar-refractivity contribution in [3.05, 3.63) is 130 Å². The van der Waals surface area contributed by atoms with Gasteiger partial charge in [-0.3, -0.25) is 9.78 Å². The maximum Gasteiger partial charge on any atom is 0.137 e. The summed E-state index contributed by atoms with van der Waals surface area (Å²) in [5, 5.41) is 0.536. The molecule has 1 aliphatic carbocycles. The van der Waals surface area contributed by atoms with Crippen molar-refractivity contribution in [2.24, 2.45) is 0 Å². The first-order chi connectivity index (χ1) is 17.9. The number of benzene rings is 3. The first-order valence-corrected chi connectivity index (χ1v) is 12.4. The van der Waals surface area contributed by atoms with Crippen LogP contribution in [0.25, 0.3) is 16.7 Å². The maximum atomic E-state index is 14.0. The third-order valence-corrected chi connectivity index (χ3v) is 6.97. The fourth-order valence-electron chi connectivity index (χ4n) is 5.02. The minimum Gasteiger partial charge on any atom is -0.299 e. The number of ketones is 1. The predicted octanol–water partition coefficient (Wildman–Crippen LogP) is 8.13. The Morgan fingerprint density at radius 3 is 2.41 bits per heavy atom. The molecule has 0 bridgehead atoms. The molecule has 2 nitrogen and oxygen atoms in total. The van der Waals surface area contributed by atoms with Crippen molar-refractivity contribution in [3.8, 4) is 11.1 Å². The van der Waals surface area contributed by atoms with Crippen LogP contribution in [-0.4, -0.2) is 10.8 Å². The monoisotopic (exact) mass is 517 g/mol. The molecule has 6 heteroatoms. The second kappa shape index (κ2) is 10.7. The van der Waals surface area contributed by atoms with E-state index in [-0.39, 0.29) is 30.9 Å².